The van der Waals surface area contributed by atoms with Crippen LogP contribution in [0.2, 0.25) is 0 Å². The third-order valence-electron chi connectivity index (χ3n) is 4.85. The molecule has 0 radical (unpaired) electrons. The number of hydrogen-bond acceptors (Lipinski definition) is 2. The standard InChI is InChI=1S/C18H28FNO/c1-4-21-18(9-5-6-13(2)12-18)17(20)11-15-10-16(19)8-7-14(15)3/h7-8,10,13,17H,4-6,9,11-12,20H2,1-3H3. The van der Waals surface area contributed by atoms with Gasteiger partial charge in [0.2, 0.25) is 0 Å². The molecular weight excluding hydrogens is 265 g/mol. The van der Waals surface area contributed by atoms with Crippen molar-refractivity contribution in [2.45, 2.75) is 64.5 Å². The number of benzene rings is 1. The molecule has 0 amide bonds. The first-order chi connectivity index (χ1) is 9.97. The fraction of sp³-hybridized carbons (Fsp3) is 0.667. The summed E-state index contributed by atoms with van der Waals surface area (Å²) in [7, 11) is 0. The van der Waals surface area contributed by atoms with Crippen LogP contribution in [0.3, 0.4) is 0 Å². The lowest BCUT2D eigenvalue weighted by molar-refractivity contribution is -0.0925. The van der Waals surface area contributed by atoms with Crippen LogP contribution < -0.4 is 5.73 Å². The van der Waals surface area contributed by atoms with Gasteiger partial charge in [0.1, 0.15) is 5.82 Å². The fourth-order valence-electron chi connectivity index (χ4n) is 3.69. The van der Waals surface area contributed by atoms with Crippen molar-refractivity contribution < 1.29 is 9.13 Å². The van der Waals surface area contributed by atoms with Crippen molar-refractivity contribution in [1.82, 2.24) is 0 Å². The van der Waals surface area contributed by atoms with E-state index in [1.807, 2.05) is 19.9 Å². The molecule has 1 aromatic rings. The van der Waals surface area contributed by atoms with Crippen molar-refractivity contribution in [3.8, 4) is 0 Å². The second kappa shape index (κ2) is 6.89. The Balaban J connectivity index is 2.18. The third kappa shape index (κ3) is 3.83. The normalized spacial score (nSPS) is 27.6. The lowest BCUT2D eigenvalue weighted by atomic mass is 9.73. The first-order valence-electron chi connectivity index (χ1n) is 8.11. The molecule has 2 nitrogen and oxygen atoms in total. The van der Waals surface area contributed by atoms with Crippen LogP contribution in [0, 0.1) is 18.7 Å². The Morgan fingerprint density at radius 1 is 1.48 bits per heavy atom. The van der Waals surface area contributed by atoms with Crippen molar-refractivity contribution in [3.05, 3.63) is 35.1 Å². The maximum Gasteiger partial charge on any atom is 0.123 e. The van der Waals surface area contributed by atoms with Gasteiger partial charge in [-0.3, -0.25) is 0 Å². The lowest BCUT2D eigenvalue weighted by Gasteiger charge is -2.44. The number of hydrogen-bond donors (Lipinski definition) is 1. The van der Waals surface area contributed by atoms with Gasteiger partial charge in [0.05, 0.1) is 5.60 Å². The lowest BCUT2D eigenvalue weighted by Crippen LogP contribution is -2.53. The summed E-state index contributed by atoms with van der Waals surface area (Å²) in [6, 6.07) is 4.86. The van der Waals surface area contributed by atoms with Crippen LogP contribution in [0.15, 0.2) is 18.2 Å². The highest BCUT2D eigenvalue weighted by Crippen LogP contribution is 2.38. The summed E-state index contributed by atoms with van der Waals surface area (Å²) in [5, 5.41) is 0. The molecule has 3 unspecified atom stereocenters. The van der Waals surface area contributed by atoms with E-state index in [0.717, 1.165) is 30.4 Å². The molecular formula is C18H28FNO. The van der Waals surface area contributed by atoms with Crippen molar-refractivity contribution >= 4 is 0 Å². The van der Waals surface area contributed by atoms with Gasteiger partial charge < -0.3 is 10.5 Å². The Bertz CT molecular complexity index is 472. The van der Waals surface area contributed by atoms with Gasteiger partial charge in [-0.25, -0.2) is 4.39 Å². The van der Waals surface area contributed by atoms with E-state index >= 15 is 0 Å². The zero-order chi connectivity index (χ0) is 15.5. The molecule has 118 valence electrons. The first-order valence-corrected chi connectivity index (χ1v) is 8.11. The monoisotopic (exact) mass is 293 g/mol. The fourth-order valence-corrected chi connectivity index (χ4v) is 3.69. The van der Waals surface area contributed by atoms with Gasteiger partial charge in [-0.15, -0.1) is 0 Å². The highest BCUT2D eigenvalue weighted by molar-refractivity contribution is 5.28. The highest BCUT2D eigenvalue weighted by Gasteiger charge is 2.41. The molecule has 1 saturated carbocycles. The number of halogens is 1. The zero-order valence-electron chi connectivity index (χ0n) is 13.5. The van der Waals surface area contributed by atoms with Gasteiger partial charge in [-0.1, -0.05) is 25.8 Å². The SMILES string of the molecule is CCOC1(C(N)Cc2cc(F)ccc2C)CCCC(C)C1. The minimum absolute atomic E-state index is 0.0827. The molecule has 3 atom stereocenters. The van der Waals surface area contributed by atoms with Gasteiger partial charge in [0, 0.05) is 12.6 Å². The first kappa shape index (κ1) is 16.4. The Morgan fingerprint density at radius 2 is 2.24 bits per heavy atom. The van der Waals surface area contributed by atoms with Crippen LogP contribution in [0.25, 0.3) is 0 Å². The maximum absolute atomic E-state index is 13.5. The highest BCUT2D eigenvalue weighted by atomic mass is 19.1. The smallest absolute Gasteiger partial charge is 0.123 e. The predicted octanol–water partition coefficient (Wildman–Crippen LogP) is 3.99. The molecule has 2 N–H and O–H groups in total. The summed E-state index contributed by atoms with van der Waals surface area (Å²) < 4.78 is 19.6. The molecule has 2 rings (SSSR count). The van der Waals surface area contributed by atoms with E-state index in [1.54, 1.807) is 6.07 Å². The van der Waals surface area contributed by atoms with Gasteiger partial charge >= 0.3 is 0 Å². The average molecular weight is 293 g/mol. The van der Waals surface area contributed by atoms with E-state index < -0.39 is 0 Å². The van der Waals surface area contributed by atoms with Crippen LogP contribution in [0.5, 0.6) is 0 Å². The van der Waals surface area contributed by atoms with Gasteiger partial charge in [-0.2, -0.15) is 0 Å². The predicted molar refractivity (Wildman–Crippen MR) is 84.8 cm³/mol. The Labute approximate surface area is 127 Å². The minimum atomic E-state index is -0.245. The number of aryl methyl sites for hydroxylation is 1. The zero-order valence-corrected chi connectivity index (χ0v) is 13.5. The van der Waals surface area contributed by atoms with E-state index in [2.05, 4.69) is 6.92 Å². The molecule has 0 heterocycles. The van der Waals surface area contributed by atoms with E-state index in [9.17, 15) is 4.39 Å². The van der Waals surface area contributed by atoms with Crippen LogP contribution in [-0.2, 0) is 11.2 Å². The van der Waals surface area contributed by atoms with E-state index in [4.69, 9.17) is 10.5 Å². The van der Waals surface area contributed by atoms with Gasteiger partial charge in [-0.05, 0) is 62.3 Å². The minimum Gasteiger partial charge on any atom is -0.374 e. The molecule has 0 aliphatic heterocycles. The molecule has 0 aromatic heterocycles. The molecule has 0 saturated heterocycles. The van der Waals surface area contributed by atoms with Crippen molar-refractivity contribution in [2.75, 3.05) is 6.61 Å². The second-order valence-electron chi connectivity index (χ2n) is 6.58. The largest absolute Gasteiger partial charge is 0.374 e. The van der Waals surface area contributed by atoms with E-state index in [0.29, 0.717) is 18.9 Å². The molecule has 3 heteroatoms. The van der Waals surface area contributed by atoms with E-state index in [-0.39, 0.29) is 17.5 Å². The molecule has 1 aliphatic rings. The Kier molecular flexibility index (Phi) is 5.39. The second-order valence-corrected chi connectivity index (χ2v) is 6.58. The van der Waals surface area contributed by atoms with Crippen molar-refractivity contribution in [1.29, 1.82) is 0 Å². The summed E-state index contributed by atoms with van der Waals surface area (Å²) in [5.41, 5.74) is 8.39. The third-order valence-corrected chi connectivity index (χ3v) is 4.85. The summed E-state index contributed by atoms with van der Waals surface area (Å²) in [4.78, 5) is 0. The van der Waals surface area contributed by atoms with Crippen LogP contribution in [0.4, 0.5) is 4.39 Å². The maximum atomic E-state index is 13.5. The van der Waals surface area contributed by atoms with Crippen LogP contribution in [0.1, 0.15) is 50.7 Å². The molecule has 1 aliphatic carbocycles. The summed E-state index contributed by atoms with van der Waals surface area (Å²) in [6.07, 6.45) is 5.12. The summed E-state index contributed by atoms with van der Waals surface area (Å²) in [5.74, 6) is 0.454. The van der Waals surface area contributed by atoms with Crippen molar-refractivity contribution in [2.24, 2.45) is 11.7 Å². The molecule has 1 fully saturated rings. The number of nitrogens with two attached hydrogens (primary N) is 1. The van der Waals surface area contributed by atoms with Gasteiger partial charge in [0.25, 0.3) is 0 Å². The average Bonchev–Trinajstić information content (AvgIpc) is 2.43. The molecule has 21 heavy (non-hydrogen) atoms. The number of ether oxygens (including phenoxy) is 1. The van der Waals surface area contributed by atoms with Crippen LogP contribution >= 0.6 is 0 Å². The van der Waals surface area contributed by atoms with E-state index in [1.165, 1.54) is 12.5 Å². The van der Waals surface area contributed by atoms with Crippen LogP contribution in [-0.4, -0.2) is 18.2 Å². The topological polar surface area (TPSA) is 35.2 Å². The summed E-state index contributed by atoms with van der Waals surface area (Å²) >= 11 is 0. The number of rotatable bonds is 5. The molecule has 1 aromatic carbocycles. The summed E-state index contributed by atoms with van der Waals surface area (Å²) in [6.45, 7) is 7.00. The Morgan fingerprint density at radius 3 is 2.90 bits per heavy atom. The van der Waals surface area contributed by atoms with Crippen molar-refractivity contribution in [3.63, 3.8) is 0 Å². The quantitative estimate of drug-likeness (QED) is 0.891. The molecule has 0 spiro atoms. The van der Waals surface area contributed by atoms with Gasteiger partial charge in [0.15, 0.2) is 0 Å². The Hall–Kier alpha value is -0.930. The molecule has 0 bridgehead atoms.